The lowest BCUT2D eigenvalue weighted by Gasteiger charge is -2.29. The summed E-state index contributed by atoms with van der Waals surface area (Å²) in [5, 5.41) is 0. The lowest BCUT2D eigenvalue weighted by Crippen LogP contribution is -2.18. The van der Waals surface area contributed by atoms with Gasteiger partial charge in [-0.2, -0.15) is 0 Å². The predicted molar refractivity (Wildman–Crippen MR) is 76.0 cm³/mol. The van der Waals surface area contributed by atoms with E-state index in [0.29, 0.717) is 5.92 Å². The van der Waals surface area contributed by atoms with Gasteiger partial charge in [-0.05, 0) is 65.3 Å². The van der Waals surface area contributed by atoms with Crippen LogP contribution in [-0.2, 0) is 18.3 Å². The Labute approximate surface area is 106 Å². The van der Waals surface area contributed by atoms with Crippen molar-refractivity contribution >= 4 is 0 Å². The van der Waals surface area contributed by atoms with Gasteiger partial charge in [0, 0.05) is 0 Å². The zero-order valence-corrected chi connectivity index (χ0v) is 12.3. The Morgan fingerprint density at radius 2 is 1.65 bits per heavy atom. The molecule has 0 atom stereocenters. The number of hydrogen-bond acceptors (Lipinski definition) is 0. The van der Waals surface area contributed by atoms with Gasteiger partial charge in [0.25, 0.3) is 0 Å². The molecule has 94 valence electrons. The topological polar surface area (TPSA) is 0 Å². The third kappa shape index (κ3) is 2.14. The fourth-order valence-corrected chi connectivity index (χ4v) is 3.36. The van der Waals surface area contributed by atoms with Crippen molar-refractivity contribution in [3.8, 4) is 0 Å². The Balaban J connectivity index is 2.73. The van der Waals surface area contributed by atoms with E-state index < -0.39 is 0 Å². The van der Waals surface area contributed by atoms with Gasteiger partial charge in [-0.25, -0.2) is 0 Å². The molecule has 0 amide bonds. The summed E-state index contributed by atoms with van der Waals surface area (Å²) in [5.74, 6) is 0.633. The van der Waals surface area contributed by atoms with E-state index in [4.69, 9.17) is 0 Å². The summed E-state index contributed by atoms with van der Waals surface area (Å²) in [6, 6.07) is 2.45. The Kier molecular flexibility index (Phi) is 3.10. The molecule has 1 aliphatic rings. The van der Waals surface area contributed by atoms with E-state index in [9.17, 15) is 0 Å². The summed E-state index contributed by atoms with van der Waals surface area (Å²) >= 11 is 0. The van der Waals surface area contributed by atoms with Crippen LogP contribution in [0.25, 0.3) is 0 Å². The number of fused-ring (bicyclic) bond motifs is 1. The van der Waals surface area contributed by atoms with Crippen LogP contribution in [0.2, 0.25) is 0 Å². The van der Waals surface area contributed by atoms with Crippen molar-refractivity contribution in [2.45, 2.75) is 72.1 Å². The van der Waals surface area contributed by atoms with Crippen LogP contribution in [0.5, 0.6) is 0 Å². The molecule has 0 bridgehead atoms. The molecule has 0 N–H and O–H groups in total. The molecule has 0 saturated carbocycles. The molecule has 0 aromatic heterocycles. The molecule has 0 saturated heterocycles. The van der Waals surface area contributed by atoms with Gasteiger partial charge < -0.3 is 0 Å². The van der Waals surface area contributed by atoms with Crippen molar-refractivity contribution in [2.75, 3.05) is 0 Å². The van der Waals surface area contributed by atoms with E-state index in [-0.39, 0.29) is 5.41 Å². The maximum atomic E-state index is 2.45. The van der Waals surface area contributed by atoms with E-state index in [1.807, 2.05) is 0 Å². The van der Waals surface area contributed by atoms with Gasteiger partial charge in [0.1, 0.15) is 0 Å². The average Bonchev–Trinajstić information content (AvgIpc) is 2.63. The lowest BCUT2D eigenvalue weighted by molar-refractivity contribution is 0.570. The highest BCUT2D eigenvalue weighted by atomic mass is 14.3. The summed E-state index contributed by atoms with van der Waals surface area (Å²) in [6.07, 6.45) is 3.94. The first-order valence-corrected chi connectivity index (χ1v) is 6.98. The van der Waals surface area contributed by atoms with Gasteiger partial charge in [-0.15, -0.1) is 0 Å². The van der Waals surface area contributed by atoms with Crippen LogP contribution in [-0.4, -0.2) is 0 Å². The molecular weight excluding hydrogens is 204 g/mol. The van der Waals surface area contributed by atoms with E-state index in [0.717, 1.165) is 0 Å². The van der Waals surface area contributed by atoms with E-state index in [1.165, 1.54) is 24.8 Å². The zero-order valence-electron chi connectivity index (χ0n) is 12.3. The van der Waals surface area contributed by atoms with E-state index in [2.05, 4.69) is 47.6 Å². The fraction of sp³-hybridized carbons (Fsp3) is 0.647. The predicted octanol–water partition coefficient (Wildman–Crippen LogP) is 4.90. The second kappa shape index (κ2) is 4.15. The first-order chi connectivity index (χ1) is 7.82. The smallest absolute Gasteiger partial charge is 0.0126 e. The third-order valence-corrected chi connectivity index (χ3v) is 4.03. The monoisotopic (exact) mass is 230 g/mol. The van der Waals surface area contributed by atoms with Crippen LogP contribution in [0.1, 0.15) is 74.8 Å². The van der Waals surface area contributed by atoms with Gasteiger partial charge in [0.15, 0.2) is 0 Å². The van der Waals surface area contributed by atoms with Gasteiger partial charge in [-0.3, -0.25) is 0 Å². The minimum absolute atomic E-state index is 0.279. The third-order valence-electron chi connectivity index (χ3n) is 4.03. The van der Waals surface area contributed by atoms with Crippen LogP contribution < -0.4 is 0 Å². The van der Waals surface area contributed by atoms with Crippen LogP contribution in [0.3, 0.4) is 0 Å². The van der Waals surface area contributed by atoms with Crippen LogP contribution in [0.4, 0.5) is 0 Å². The van der Waals surface area contributed by atoms with Crippen LogP contribution >= 0.6 is 0 Å². The summed E-state index contributed by atoms with van der Waals surface area (Å²) in [6.45, 7) is 14.0. The first-order valence-electron chi connectivity index (χ1n) is 6.98. The largest absolute Gasteiger partial charge is 0.0587 e. The molecule has 0 spiro atoms. The zero-order chi connectivity index (χ0) is 12.8. The number of benzene rings is 1. The highest BCUT2D eigenvalue weighted by Crippen LogP contribution is 2.40. The average molecular weight is 230 g/mol. The van der Waals surface area contributed by atoms with E-state index in [1.54, 1.807) is 22.3 Å². The van der Waals surface area contributed by atoms with Crippen molar-refractivity contribution in [3.05, 3.63) is 33.9 Å². The Bertz CT molecular complexity index is 430. The minimum Gasteiger partial charge on any atom is -0.0587 e. The second-order valence-electron chi connectivity index (χ2n) is 6.87. The van der Waals surface area contributed by atoms with Gasteiger partial charge >= 0.3 is 0 Å². The molecule has 0 heterocycles. The van der Waals surface area contributed by atoms with Crippen molar-refractivity contribution < 1.29 is 0 Å². The van der Waals surface area contributed by atoms with Crippen molar-refractivity contribution in [1.29, 1.82) is 0 Å². The number of rotatable bonds is 1. The summed E-state index contributed by atoms with van der Waals surface area (Å²) in [4.78, 5) is 0. The lowest BCUT2D eigenvalue weighted by atomic mass is 9.76. The molecular formula is C17H26. The molecule has 0 radical (unpaired) electrons. The van der Waals surface area contributed by atoms with Gasteiger partial charge in [0.05, 0.1) is 0 Å². The molecule has 1 aromatic carbocycles. The Hall–Kier alpha value is -0.780. The van der Waals surface area contributed by atoms with Crippen molar-refractivity contribution in [2.24, 2.45) is 0 Å². The summed E-state index contributed by atoms with van der Waals surface area (Å²) < 4.78 is 0. The summed E-state index contributed by atoms with van der Waals surface area (Å²) in [7, 11) is 0. The second-order valence-corrected chi connectivity index (χ2v) is 6.87. The highest BCUT2D eigenvalue weighted by molar-refractivity contribution is 5.51. The Morgan fingerprint density at radius 1 is 1.06 bits per heavy atom. The maximum Gasteiger partial charge on any atom is -0.0126 e. The SMILES string of the molecule is Cc1cc(C(C)C)c(C(C)(C)C)c2c1CCC2. The molecule has 0 fully saturated rings. The molecule has 1 aromatic rings. The number of aryl methyl sites for hydroxylation is 1. The molecule has 0 nitrogen and oxygen atoms in total. The highest BCUT2D eigenvalue weighted by Gasteiger charge is 2.28. The van der Waals surface area contributed by atoms with Crippen LogP contribution in [0.15, 0.2) is 6.07 Å². The molecule has 2 rings (SSSR count). The fourth-order valence-electron chi connectivity index (χ4n) is 3.36. The molecule has 0 heteroatoms. The normalized spacial score (nSPS) is 15.5. The molecule has 17 heavy (non-hydrogen) atoms. The standard InChI is InChI=1S/C17H26/c1-11(2)15-10-12(3)13-8-7-9-14(13)16(15)17(4,5)6/h10-11H,7-9H2,1-6H3. The molecule has 0 unspecified atom stereocenters. The molecule has 0 aliphatic heterocycles. The van der Waals surface area contributed by atoms with E-state index >= 15 is 0 Å². The summed E-state index contributed by atoms with van der Waals surface area (Å²) in [5.41, 5.74) is 8.36. The first kappa shape index (κ1) is 12.7. The van der Waals surface area contributed by atoms with Gasteiger partial charge in [0.2, 0.25) is 0 Å². The minimum atomic E-state index is 0.279. The number of hydrogen-bond donors (Lipinski definition) is 0. The Morgan fingerprint density at radius 3 is 2.18 bits per heavy atom. The maximum absolute atomic E-state index is 2.45. The van der Waals surface area contributed by atoms with Gasteiger partial charge in [-0.1, -0.05) is 40.7 Å². The van der Waals surface area contributed by atoms with Crippen molar-refractivity contribution in [3.63, 3.8) is 0 Å². The van der Waals surface area contributed by atoms with Crippen LogP contribution in [0, 0.1) is 6.92 Å². The molecule has 1 aliphatic carbocycles. The van der Waals surface area contributed by atoms with Crippen molar-refractivity contribution in [1.82, 2.24) is 0 Å². The quantitative estimate of drug-likeness (QED) is 0.643.